The molecule has 0 bridgehead atoms. The molecule has 3 rings (SSSR count). The lowest BCUT2D eigenvalue weighted by atomic mass is 9.99. The van der Waals surface area contributed by atoms with Crippen LogP contribution in [0.4, 0.5) is 0 Å². The first-order valence-corrected chi connectivity index (χ1v) is 6.96. The van der Waals surface area contributed by atoms with E-state index in [1.54, 1.807) is 0 Å². The van der Waals surface area contributed by atoms with Gasteiger partial charge in [-0.05, 0) is 36.1 Å². The van der Waals surface area contributed by atoms with Gasteiger partial charge in [0.15, 0.2) is 0 Å². The predicted molar refractivity (Wildman–Crippen MR) is 86.8 cm³/mol. The smallest absolute Gasteiger partial charge is 0.0181 e. The molecule has 0 amide bonds. The monoisotopic (exact) mass is 258 g/mol. The normalized spacial score (nSPS) is 10.5. The molecule has 0 heteroatoms. The Hall–Kier alpha value is -2.34. The van der Waals surface area contributed by atoms with Crippen LogP contribution >= 0.6 is 0 Å². The molecule has 0 unspecified atom stereocenters. The molecule has 98 valence electrons. The van der Waals surface area contributed by atoms with Crippen molar-refractivity contribution < 1.29 is 0 Å². The summed E-state index contributed by atoms with van der Waals surface area (Å²) in [6, 6.07) is 26.1. The average molecular weight is 258 g/mol. The largest absolute Gasteiger partial charge is 0.0614 e. The van der Waals surface area contributed by atoms with Gasteiger partial charge in [0.25, 0.3) is 0 Å². The fourth-order valence-corrected chi connectivity index (χ4v) is 2.50. The van der Waals surface area contributed by atoms with Crippen LogP contribution in [0.2, 0.25) is 0 Å². The maximum Gasteiger partial charge on any atom is -0.0181 e. The van der Waals surface area contributed by atoms with Gasteiger partial charge in [0.05, 0.1) is 0 Å². The highest BCUT2D eigenvalue weighted by molar-refractivity contribution is 5.70. The van der Waals surface area contributed by atoms with Crippen molar-refractivity contribution in [2.75, 3.05) is 0 Å². The number of hydrogen-bond acceptors (Lipinski definition) is 0. The summed E-state index contributed by atoms with van der Waals surface area (Å²) in [5, 5.41) is 0. The van der Waals surface area contributed by atoms with Gasteiger partial charge in [0.2, 0.25) is 0 Å². The Morgan fingerprint density at radius 1 is 0.450 bits per heavy atom. The third-order valence-electron chi connectivity index (χ3n) is 3.59. The second-order valence-electron chi connectivity index (χ2n) is 5.32. The molecule has 0 atom stereocenters. The molecule has 0 radical (unpaired) electrons. The molecule has 0 nitrogen and oxygen atoms in total. The lowest BCUT2D eigenvalue weighted by Crippen LogP contribution is -1.82. The summed E-state index contributed by atoms with van der Waals surface area (Å²) < 4.78 is 0. The Morgan fingerprint density at radius 2 is 0.850 bits per heavy atom. The topological polar surface area (TPSA) is 0 Å². The fraction of sp³-hybridized carbons (Fsp3) is 0.100. The van der Waals surface area contributed by atoms with Crippen LogP contribution in [0.1, 0.15) is 11.1 Å². The maximum atomic E-state index is 2.22. The van der Waals surface area contributed by atoms with E-state index in [0.29, 0.717) is 0 Å². The Labute approximate surface area is 120 Å². The van der Waals surface area contributed by atoms with Gasteiger partial charge in [-0.3, -0.25) is 0 Å². The van der Waals surface area contributed by atoms with Gasteiger partial charge in [0, 0.05) is 0 Å². The first-order valence-electron chi connectivity index (χ1n) is 6.96. The van der Waals surface area contributed by atoms with Crippen molar-refractivity contribution >= 4 is 0 Å². The lowest BCUT2D eigenvalue weighted by Gasteiger charge is -2.06. The van der Waals surface area contributed by atoms with Crippen LogP contribution in [0.15, 0.2) is 72.8 Å². The van der Waals surface area contributed by atoms with E-state index in [2.05, 4.69) is 86.6 Å². The van der Waals surface area contributed by atoms with E-state index in [-0.39, 0.29) is 0 Å². The van der Waals surface area contributed by atoms with Crippen LogP contribution in [-0.2, 0) is 0 Å². The third-order valence-corrected chi connectivity index (χ3v) is 3.59. The molecular formula is C20H18. The van der Waals surface area contributed by atoms with Gasteiger partial charge in [-0.25, -0.2) is 0 Å². The molecule has 3 aromatic carbocycles. The predicted octanol–water partition coefficient (Wildman–Crippen LogP) is 5.64. The van der Waals surface area contributed by atoms with Crippen molar-refractivity contribution in [2.24, 2.45) is 0 Å². The summed E-state index contributed by atoms with van der Waals surface area (Å²) in [4.78, 5) is 0. The van der Waals surface area contributed by atoms with Crippen molar-refractivity contribution in [1.29, 1.82) is 0 Å². The quantitative estimate of drug-likeness (QED) is 0.558. The molecule has 0 aromatic heterocycles. The van der Waals surface area contributed by atoms with Crippen molar-refractivity contribution in [1.82, 2.24) is 0 Å². The summed E-state index contributed by atoms with van der Waals surface area (Å²) in [6.45, 7) is 4.26. The molecule has 0 spiro atoms. The highest BCUT2D eigenvalue weighted by Crippen LogP contribution is 2.25. The zero-order valence-corrected chi connectivity index (χ0v) is 11.9. The van der Waals surface area contributed by atoms with Crippen molar-refractivity contribution in [3.63, 3.8) is 0 Å². The highest BCUT2D eigenvalue weighted by atomic mass is 14.1. The van der Waals surface area contributed by atoms with Crippen LogP contribution in [0, 0.1) is 13.8 Å². The summed E-state index contributed by atoms with van der Waals surface area (Å²) in [5.41, 5.74) is 7.69. The standard InChI is InChI=1S/C20H18/c1-15-5-3-7-19(13-15)17-9-11-18(12-10-17)20-8-4-6-16(2)14-20/h3-14H,1-2H3. The molecule has 0 aliphatic rings. The van der Waals surface area contributed by atoms with Crippen LogP contribution in [0.3, 0.4) is 0 Å². The van der Waals surface area contributed by atoms with Crippen molar-refractivity contribution in [3.05, 3.63) is 83.9 Å². The van der Waals surface area contributed by atoms with Crippen LogP contribution < -0.4 is 0 Å². The zero-order chi connectivity index (χ0) is 13.9. The Balaban J connectivity index is 1.96. The molecule has 0 aliphatic heterocycles. The Morgan fingerprint density at radius 3 is 1.20 bits per heavy atom. The molecule has 0 saturated carbocycles. The van der Waals surface area contributed by atoms with Crippen molar-refractivity contribution in [2.45, 2.75) is 13.8 Å². The van der Waals surface area contributed by atoms with Crippen molar-refractivity contribution in [3.8, 4) is 22.3 Å². The van der Waals surface area contributed by atoms with Gasteiger partial charge >= 0.3 is 0 Å². The minimum absolute atomic E-state index is 1.27. The first kappa shape index (κ1) is 12.7. The molecule has 0 aliphatic carbocycles. The van der Waals surface area contributed by atoms with E-state index in [0.717, 1.165) is 0 Å². The molecule has 0 fully saturated rings. The lowest BCUT2D eigenvalue weighted by molar-refractivity contribution is 1.46. The maximum absolute atomic E-state index is 2.22. The highest BCUT2D eigenvalue weighted by Gasteiger charge is 2.00. The van der Waals surface area contributed by atoms with E-state index >= 15 is 0 Å². The number of rotatable bonds is 2. The molecule has 0 N–H and O–H groups in total. The van der Waals surface area contributed by atoms with E-state index in [4.69, 9.17) is 0 Å². The van der Waals surface area contributed by atoms with E-state index < -0.39 is 0 Å². The third kappa shape index (κ3) is 2.65. The Kier molecular flexibility index (Phi) is 3.39. The number of hydrogen-bond donors (Lipinski definition) is 0. The van der Waals surface area contributed by atoms with E-state index in [1.807, 2.05) is 0 Å². The summed E-state index contributed by atoms with van der Waals surface area (Å²) in [5.74, 6) is 0. The molecular weight excluding hydrogens is 240 g/mol. The summed E-state index contributed by atoms with van der Waals surface area (Å²) in [6.07, 6.45) is 0. The molecule has 0 saturated heterocycles. The molecule has 3 aromatic rings. The fourth-order valence-electron chi connectivity index (χ4n) is 2.50. The SMILES string of the molecule is Cc1cccc(-c2ccc(-c3cccc(C)c3)cc2)c1. The molecule has 20 heavy (non-hydrogen) atoms. The van der Waals surface area contributed by atoms with E-state index in [1.165, 1.54) is 33.4 Å². The molecule has 0 heterocycles. The van der Waals surface area contributed by atoms with Gasteiger partial charge in [-0.1, -0.05) is 83.9 Å². The Bertz CT molecular complexity index is 657. The summed E-state index contributed by atoms with van der Waals surface area (Å²) >= 11 is 0. The van der Waals surface area contributed by atoms with Gasteiger partial charge in [-0.15, -0.1) is 0 Å². The second-order valence-corrected chi connectivity index (χ2v) is 5.32. The zero-order valence-electron chi connectivity index (χ0n) is 11.9. The minimum atomic E-state index is 1.27. The number of aryl methyl sites for hydroxylation is 2. The van der Waals surface area contributed by atoms with Crippen LogP contribution in [0.5, 0.6) is 0 Å². The second kappa shape index (κ2) is 5.34. The van der Waals surface area contributed by atoms with Gasteiger partial charge < -0.3 is 0 Å². The first-order chi connectivity index (χ1) is 9.72. The van der Waals surface area contributed by atoms with E-state index in [9.17, 15) is 0 Å². The van der Waals surface area contributed by atoms with Crippen LogP contribution in [-0.4, -0.2) is 0 Å². The minimum Gasteiger partial charge on any atom is -0.0614 e. The number of benzene rings is 3. The van der Waals surface area contributed by atoms with Gasteiger partial charge in [0.1, 0.15) is 0 Å². The summed E-state index contributed by atoms with van der Waals surface area (Å²) in [7, 11) is 0. The average Bonchev–Trinajstić information content (AvgIpc) is 2.47. The van der Waals surface area contributed by atoms with Gasteiger partial charge in [-0.2, -0.15) is 0 Å². The van der Waals surface area contributed by atoms with Crippen LogP contribution in [0.25, 0.3) is 22.3 Å².